The highest BCUT2D eigenvalue weighted by Crippen LogP contribution is 2.51. The molecule has 36 heavy (non-hydrogen) atoms. The van der Waals surface area contributed by atoms with Gasteiger partial charge in [-0.15, -0.1) is 0 Å². The Hall–Kier alpha value is -2.73. The van der Waals surface area contributed by atoms with Crippen molar-refractivity contribution in [3.8, 4) is 11.5 Å². The van der Waals surface area contributed by atoms with Gasteiger partial charge in [-0.2, -0.15) is 0 Å². The van der Waals surface area contributed by atoms with E-state index in [-0.39, 0.29) is 0 Å². The van der Waals surface area contributed by atoms with Crippen molar-refractivity contribution in [3.05, 3.63) is 71.0 Å². The third kappa shape index (κ3) is 4.80. The van der Waals surface area contributed by atoms with E-state index < -0.39 is 20.5 Å². The number of methoxy groups -OCH3 is 2. The highest BCUT2D eigenvalue weighted by molar-refractivity contribution is 7.92. The number of aryl methyl sites for hydroxylation is 1. The Bertz CT molecular complexity index is 1270. The molecule has 0 saturated heterocycles. The summed E-state index contributed by atoms with van der Waals surface area (Å²) in [6.45, 7) is 4.24. The van der Waals surface area contributed by atoms with E-state index in [1.54, 1.807) is 26.4 Å². The normalized spacial score (nSPS) is 23.4. The molecule has 2 aromatic rings. The zero-order valence-electron chi connectivity index (χ0n) is 21.8. The number of ether oxygens (including phenoxy) is 2. The van der Waals surface area contributed by atoms with Crippen LogP contribution in [0.2, 0.25) is 0 Å². The maximum atomic E-state index is 14.1. The molecule has 5 nitrogen and oxygen atoms in total. The zero-order valence-corrected chi connectivity index (χ0v) is 22.7. The molecule has 1 aliphatic carbocycles. The molecule has 1 N–H and O–H groups in total. The summed E-state index contributed by atoms with van der Waals surface area (Å²) in [7, 11) is -0.390. The number of hydrogen-bond donors (Lipinski definition) is 1. The van der Waals surface area contributed by atoms with Gasteiger partial charge in [0.1, 0.15) is 17.3 Å². The molecule has 0 aromatic heterocycles. The van der Waals surface area contributed by atoms with Gasteiger partial charge in [0.05, 0.1) is 24.4 Å². The van der Waals surface area contributed by atoms with Crippen molar-refractivity contribution in [1.29, 1.82) is 0 Å². The number of rotatable bonds is 8. The first-order valence-corrected chi connectivity index (χ1v) is 14.5. The summed E-state index contributed by atoms with van der Waals surface area (Å²) in [5.74, 6) is 1.75. The van der Waals surface area contributed by atoms with E-state index in [9.17, 15) is 13.5 Å². The number of aliphatic hydroxyl groups is 1. The minimum Gasteiger partial charge on any atom is -0.511 e. The molecule has 2 aliphatic rings. The number of allylic oxidation sites excluding steroid dienone is 3. The van der Waals surface area contributed by atoms with Crippen molar-refractivity contribution < 1.29 is 23.0 Å². The van der Waals surface area contributed by atoms with E-state index in [4.69, 9.17) is 9.47 Å². The molecular weight excluding hydrogens is 472 g/mol. The lowest BCUT2D eigenvalue weighted by atomic mass is 9.68. The fourth-order valence-electron chi connectivity index (χ4n) is 5.80. The van der Waals surface area contributed by atoms with Crippen molar-refractivity contribution in [1.82, 2.24) is 0 Å². The van der Waals surface area contributed by atoms with Crippen LogP contribution < -0.4 is 9.47 Å². The van der Waals surface area contributed by atoms with Crippen LogP contribution in [0.3, 0.4) is 0 Å². The van der Waals surface area contributed by atoms with Gasteiger partial charge in [0.2, 0.25) is 0 Å². The third-order valence-electron chi connectivity index (χ3n) is 7.97. The highest BCUT2D eigenvalue weighted by Gasteiger charge is 2.43. The minimum atomic E-state index is -3.61. The first-order valence-electron chi connectivity index (χ1n) is 13.0. The second-order valence-corrected chi connectivity index (χ2v) is 12.1. The van der Waals surface area contributed by atoms with Gasteiger partial charge in [0.25, 0.3) is 0 Å². The van der Waals surface area contributed by atoms with Crippen molar-refractivity contribution in [2.24, 2.45) is 5.41 Å². The summed E-state index contributed by atoms with van der Waals surface area (Å²) in [6, 6.07) is 12.9. The van der Waals surface area contributed by atoms with E-state index in [2.05, 4.69) is 13.8 Å². The molecule has 0 spiro atoms. The average Bonchev–Trinajstić information content (AvgIpc) is 3.03. The fraction of sp³-hybridized carbons (Fsp3) is 0.467. The predicted octanol–water partition coefficient (Wildman–Crippen LogP) is 7.07. The van der Waals surface area contributed by atoms with Crippen LogP contribution in [-0.4, -0.2) is 33.0 Å². The third-order valence-corrected chi connectivity index (χ3v) is 10.3. The summed E-state index contributed by atoms with van der Waals surface area (Å²) < 4.78 is 39.0. The van der Waals surface area contributed by atoms with Crippen molar-refractivity contribution in [3.63, 3.8) is 0 Å². The minimum absolute atomic E-state index is 0.367. The Labute approximate surface area is 215 Å². The molecule has 1 aliphatic heterocycles. The molecule has 6 heteroatoms. The van der Waals surface area contributed by atoms with Gasteiger partial charge in [-0.3, -0.25) is 0 Å². The molecule has 0 radical (unpaired) electrons. The molecule has 2 aromatic carbocycles. The molecule has 2 atom stereocenters. The van der Waals surface area contributed by atoms with Gasteiger partial charge in [-0.25, -0.2) is 8.42 Å². The molecule has 4 rings (SSSR count). The molecule has 2 unspecified atom stereocenters. The van der Waals surface area contributed by atoms with Crippen molar-refractivity contribution in [2.75, 3.05) is 14.2 Å². The first kappa shape index (κ1) is 26.3. The smallest absolute Gasteiger partial charge is 0.185 e. The lowest BCUT2D eigenvalue weighted by Crippen LogP contribution is -2.33. The quantitative estimate of drug-likeness (QED) is 0.411. The van der Waals surface area contributed by atoms with Gasteiger partial charge >= 0.3 is 0 Å². The van der Waals surface area contributed by atoms with Crippen molar-refractivity contribution >= 4 is 15.4 Å². The molecule has 1 heterocycles. The van der Waals surface area contributed by atoms with E-state index in [0.29, 0.717) is 47.0 Å². The van der Waals surface area contributed by atoms with E-state index >= 15 is 0 Å². The van der Waals surface area contributed by atoms with E-state index in [1.165, 1.54) is 0 Å². The monoisotopic (exact) mass is 510 g/mol. The van der Waals surface area contributed by atoms with Gasteiger partial charge in [0.15, 0.2) is 9.84 Å². The zero-order chi connectivity index (χ0) is 25.9. The topological polar surface area (TPSA) is 72.8 Å². The van der Waals surface area contributed by atoms with Crippen LogP contribution in [0.15, 0.2) is 64.8 Å². The fourth-order valence-corrected chi connectivity index (χ4v) is 7.92. The van der Waals surface area contributed by atoms with Crippen LogP contribution in [0.1, 0.15) is 69.9 Å². The Morgan fingerprint density at radius 2 is 1.81 bits per heavy atom. The molecule has 0 fully saturated rings. The van der Waals surface area contributed by atoms with Crippen LogP contribution in [0.5, 0.6) is 11.5 Å². The standard InChI is InChI=1S/C30H38O5S/c1-5-7-16-30(6-2)20-23(19-26(29(30)31)21-10-8-12-24(17-21)34-3)27-13-9-11-22-18-25(35-4)14-15-28(22)36(27,32)33/h8,10,12,14-15,17-19,27,31H,5-7,9,11,13,16,20H2,1-4H3. The SMILES string of the molecule is CCCCC1(CC)CC(C2CCCc3cc(OC)ccc3S2(=O)=O)=CC(c2cccc(OC)c2)=C1O. The molecule has 0 amide bonds. The van der Waals surface area contributed by atoms with Gasteiger partial charge < -0.3 is 14.6 Å². The number of hydrogen-bond acceptors (Lipinski definition) is 5. The lowest BCUT2D eigenvalue weighted by molar-refractivity contribution is 0.187. The number of benzene rings is 2. The van der Waals surface area contributed by atoms with Gasteiger partial charge in [-0.05, 0) is 80.0 Å². The van der Waals surface area contributed by atoms with Gasteiger partial charge in [0, 0.05) is 11.0 Å². The number of unbranched alkanes of at least 4 members (excludes halogenated alkanes) is 1. The van der Waals surface area contributed by atoms with E-state index in [0.717, 1.165) is 48.8 Å². The molecule has 0 saturated carbocycles. The summed E-state index contributed by atoms with van der Waals surface area (Å²) in [5, 5.41) is 11.1. The summed E-state index contributed by atoms with van der Waals surface area (Å²) in [6.07, 6.45) is 8.08. The maximum absolute atomic E-state index is 14.1. The Balaban J connectivity index is 1.87. The molecular formula is C30H38O5S. The summed E-state index contributed by atoms with van der Waals surface area (Å²) in [5.41, 5.74) is 2.79. The Morgan fingerprint density at radius 3 is 2.50 bits per heavy atom. The first-order chi connectivity index (χ1) is 17.3. The van der Waals surface area contributed by atoms with Crippen LogP contribution in [0.4, 0.5) is 0 Å². The van der Waals surface area contributed by atoms with Crippen LogP contribution in [0, 0.1) is 5.41 Å². The molecule has 0 bridgehead atoms. The highest BCUT2D eigenvalue weighted by atomic mass is 32.2. The Morgan fingerprint density at radius 1 is 1.06 bits per heavy atom. The Kier molecular flexibility index (Phi) is 7.84. The lowest BCUT2D eigenvalue weighted by Gasteiger charge is -2.39. The predicted molar refractivity (Wildman–Crippen MR) is 144 cm³/mol. The summed E-state index contributed by atoms with van der Waals surface area (Å²) in [4.78, 5) is 0.407. The van der Waals surface area contributed by atoms with Crippen LogP contribution >= 0.6 is 0 Å². The number of aliphatic hydroxyl groups excluding tert-OH is 1. The van der Waals surface area contributed by atoms with Crippen molar-refractivity contribution in [2.45, 2.75) is 75.4 Å². The second kappa shape index (κ2) is 10.7. The number of sulfone groups is 1. The molecule has 194 valence electrons. The van der Waals surface area contributed by atoms with E-state index in [1.807, 2.05) is 36.4 Å². The maximum Gasteiger partial charge on any atom is 0.185 e. The average molecular weight is 511 g/mol. The van der Waals surface area contributed by atoms with Gasteiger partial charge in [-0.1, -0.05) is 50.5 Å². The van der Waals surface area contributed by atoms with Crippen LogP contribution in [-0.2, 0) is 16.3 Å². The summed E-state index contributed by atoms with van der Waals surface area (Å²) >= 11 is 0. The number of fused-ring (bicyclic) bond motifs is 1. The van der Waals surface area contributed by atoms with Crippen LogP contribution in [0.25, 0.3) is 5.57 Å². The second-order valence-electron chi connectivity index (χ2n) is 10.0. The largest absolute Gasteiger partial charge is 0.511 e.